The number of hydrogen-bond acceptors (Lipinski definition) is 3. The molecule has 0 amide bonds. The molecule has 9 nitrogen and oxygen atoms in total. The van der Waals surface area contributed by atoms with Gasteiger partial charge in [0.15, 0.2) is 0 Å². The summed E-state index contributed by atoms with van der Waals surface area (Å²) in [5.41, 5.74) is 0. The molecule has 0 bridgehead atoms. The fourth-order valence-electron chi connectivity index (χ4n) is 0. The van der Waals surface area contributed by atoms with E-state index in [9.17, 15) is 0 Å². The van der Waals surface area contributed by atoms with Gasteiger partial charge in [-0.3, -0.25) is 0 Å². The Balaban J connectivity index is -0.0000000322. The summed E-state index contributed by atoms with van der Waals surface area (Å²) in [5.74, 6) is 0. The van der Waals surface area contributed by atoms with Gasteiger partial charge in [-0.25, -0.2) is 9.13 Å². The van der Waals surface area contributed by atoms with Crippen molar-refractivity contribution < 1.29 is 96.4 Å². The molecule has 0 aliphatic heterocycles. The monoisotopic (exact) mass is 282 g/mol. The fraction of sp³-hybridized carbons (Fsp3) is 1.00. The molecule has 7 N–H and O–H groups in total. The van der Waals surface area contributed by atoms with Crippen molar-refractivity contribution in [1.29, 1.82) is 0 Å². The molecule has 0 aromatic carbocycles. The molecule has 0 atom stereocenters. The number of rotatable bonds is 0. The van der Waals surface area contributed by atoms with Gasteiger partial charge in [0, 0.05) is 6.61 Å². The molecule has 0 saturated carbocycles. The fourth-order valence-corrected chi connectivity index (χ4v) is 0. The van der Waals surface area contributed by atoms with Crippen molar-refractivity contribution in [2.45, 2.75) is 6.92 Å². The van der Waals surface area contributed by atoms with Gasteiger partial charge in [-0.05, 0) is 6.92 Å². The van der Waals surface area contributed by atoms with Crippen molar-refractivity contribution in [3.63, 3.8) is 0 Å². The third kappa shape index (κ3) is 688. The molecule has 14 heavy (non-hydrogen) atoms. The van der Waals surface area contributed by atoms with Crippen molar-refractivity contribution in [3.05, 3.63) is 0 Å². The summed E-state index contributed by atoms with van der Waals surface area (Å²) in [7, 11) is -9.28. The van der Waals surface area contributed by atoms with Crippen LogP contribution in [0.25, 0.3) is 0 Å². The second kappa shape index (κ2) is 12.9. The molecule has 0 fully saturated rings. The first-order valence-electron chi connectivity index (χ1n) is 2.59. The first-order valence-corrected chi connectivity index (χ1v) is 5.72. The zero-order valence-corrected chi connectivity index (χ0v) is 12.5. The third-order valence-corrected chi connectivity index (χ3v) is 0. The summed E-state index contributed by atoms with van der Waals surface area (Å²) in [5, 5.41) is 7.57. The van der Waals surface area contributed by atoms with E-state index < -0.39 is 15.6 Å². The topological polar surface area (TPSA) is 176 Å². The first kappa shape index (κ1) is 24.9. The maximum Gasteiger partial charge on any atom is 1.00 e. The van der Waals surface area contributed by atoms with Crippen LogP contribution in [0.5, 0.6) is 0 Å². The normalized spacial score (nSPS) is 9.71. The molecule has 0 spiro atoms. The third-order valence-electron chi connectivity index (χ3n) is 0. The van der Waals surface area contributed by atoms with E-state index in [1.165, 1.54) is 0 Å². The van der Waals surface area contributed by atoms with E-state index in [0.717, 1.165) is 0 Å². The maximum atomic E-state index is 8.88. The van der Waals surface area contributed by atoms with Gasteiger partial charge in [0.2, 0.25) is 0 Å². The number of phosphoric acid groups is 2. The molecule has 0 heterocycles. The van der Waals surface area contributed by atoms with Crippen LogP contribution in [-0.4, -0.2) is 41.1 Å². The minimum absolute atomic E-state index is 0. The molecule has 0 rings (SSSR count). The predicted molar refractivity (Wildman–Crippen MR) is 42.4 cm³/mol. The van der Waals surface area contributed by atoms with Gasteiger partial charge in [0.1, 0.15) is 0 Å². The standard InChI is InChI=1S/C2H6O.K.2H3O4P.H/c1-2-3;;2*1-5(2,3)4;/h3H,2H2,1H3;;2*(H3,1,2,3,4);/q;+1;;;-1. The van der Waals surface area contributed by atoms with E-state index in [2.05, 4.69) is 0 Å². The smallest absolute Gasteiger partial charge is 1.00 e. The van der Waals surface area contributed by atoms with Crippen molar-refractivity contribution >= 4 is 15.6 Å². The summed E-state index contributed by atoms with van der Waals surface area (Å²) < 4.78 is 17.8. The molecule has 86 valence electrons. The molecule has 0 saturated heterocycles. The number of aliphatic hydroxyl groups excluding tert-OH is 1. The van der Waals surface area contributed by atoms with Crippen LogP contribution in [0.3, 0.4) is 0 Å². The average molecular weight is 282 g/mol. The van der Waals surface area contributed by atoms with E-state index in [1.807, 2.05) is 0 Å². The van der Waals surface area contributed by atoms with Gasteiger partial charge in [0.05, 0.1) is 0 Å². The van der Waals surface area contributed by atoms with Crippen LogP contribution in [0.2, 0.25) is 0 Å². The summed E-state index contributed by atoms with van der Waals surface area (Å²) in [4.78, 5) is 43.1. The number of aliphatic hydroxyl groups is 1. The summed E-state index contributed by atoms with van der Waals surface area (Å²) >= 11 is 0. The summed E-state index contributed by atoms with van der Waals surface area (Å²) in [6.07, 6.45) is 0. The second-order valence-electron chi connectivity index (χ2n) is 1.34. The Morgan fingerprint density at radius 3 is 0.929 bits per heavy atom. The Morgan fingerprint density at radius 1 is 0.929 bits per heavy atom. The average Bonchev–Trinajstić information content (AvgIpc) is 1.52. The zero-order chi connectivity index (χ0) is 11.7. The van der Waals surface area contributed by atoms with E-state index in [0.29, 0.717) is 0 Å². The van der Waals surface area contributed by atoms with Crippen LogP contribution in [0.15, 0.2) is 0 Å². The predicted octanol–water partition coefficient (Wildman–Crippen LogP) is -4.74. The van der Waals surface area contributed by atoms with E-state index in [1.54, 1.807) is 6.92 Å². The number of hydrogen-bond donors (Lipinski definition) is 7. The Hall–Kier alpha value is 1.82. The van der Waals surface area contributed by atoms with E-state index in [4.69, 9.17) is 43.6 Å². The SMILES string of the molecule is CCO.O=P(O)(O)O.O=P(O)(O)O.[H-].[K+]. The van der Waals surface area contributed by atoms with Crippen LogP contribution in [0.4, 0.5) is 0 Å². The zero-order valence-electron chi connectivity index (χ0n) is 8.55. The van der Waals surface area contributed by atoms with Crippen LogP contribution >= 0.6 is 15.6 Å². The van der Waals surface area contributed by atoms with E-state index in [-0.39, 0.29) is 59.4 Å². The van der Waals surface area contributed by atoms with Gasteiger partial charge in [0.25, 0.3) is 0 Å². The molecule has 0 unspecified atom stereocenters. The summed E-state index contributed by atoms with van der Waals surface area (Å²) in [6, 6.07) is 0. The van der Waals surface area contributed by atoms with Crippen molar-refractivity contribution in [3.8, 4) is 0 Å². The van der Waals surface area contributed by atoms with Crippen molar-refractivity contribution in [2.24, 2.45) is 0 Å². The molecule has 0 aromatic heterocycles. The van der Waals surface area contributed by atoms with E-state index >= 15 is 0 Å². The molecule has 12 heteroatoms. The maximum absolute atomic E-state index is 8.88. The van der Waals surface area contributed by atoms with Gasteiger partial charge >= 0.3 is 67.0 Å². The van der Waals surface area contributed by atoms with Gasteiger partial charge in [-0.2, -0.15) is 0 Å². The molecule has 0 aliphatic carbocycles. The molecule has 0 aliphatic rings. The van der Waals surface area contributed by atoms with Crippen molar-refractivity contribution in [1.82, 2.24) is 0 Å². The van der Waals surface area contributed by atoms with Crippen LogP contribution in [0.1, 0.15) is 8.35 Å². The molecule has 0 radical (unpaired) electrons. The van der Waals surface area contributed by atoms with Gasteiger partial charge < -0.3 is 35.9 Å². The van der Waals surface area contributed by atoms with Crippen LogP contribution < -0.4 is 51.4 Å². The van der Waals surface area contributed by atoms with Gasteiger partial charge in [-0.1, -0.05) is 0 Å². The Morgan fingerprint density at radius 2 is 0.929 bits per heavy atom. The molecular formula is C2H13KO9P2. The van der Waals surface area contributed by atoms with Crippen LogP contribution in [-0.2, 0) is 9.13 Å². The van der Waals surface area contributed by atoms with Crippen molar-refractivity contribution in [2.75, 3.05) is 6.61 Å². The minimum atomic E-state index is -4.64. The molecule has 0 aromatic rings. The largest absolute Gasteiger partial charge is 1.00 e. The Labute approximate surface area is 124 Å². The quantitative estimate of drug-likeness (QED) is 0.170. The summed E-state index contributed by atoms with van der Waals surface area (Å²) in [6.45, 7) is 1.93. The second-order valence-corrected chi connectivity index (χ2v) is 3.40. The Bertz CT molecular complexity index is 150. The minimum Gasteiger partial charge on any atom is -1.00 e. The van der Waals surface area contributed by atoms with Crippen LogP contribution in [0, 0.1) is 0 Å². The first-order chi connectivity index (χ1) is 5.41. The Kier molecular flexibility index (Phi) is 22.9. The van der Waals surface area contributed by atoms with Gasteiger partial charge in [-0.15, -0.1) is 0 Å². The molecular weight excluding hydrogens is 269 g/mol.